The number of amides is 1. The summed E-state index contributed by atoms with van der Waals surface area (Å²) in [5.74, 6) is 0.737. The van der Waals surface area contributed by atoms with E-state index in [1.165, 1.54) is 0 Å². The Balaban J connectivity index is 1.77. The zero-order valence-corrected chi connectivity index (χ0v) is 19.6. The van der Waals surface area contributed by atoms with Crippen LogP contribution in [0.15, 0.2) is 78.9 Å². The summed E-state index contributed by atoms with van der Waals surface area (Å²) in [6.07, 6.45) is 3.78. The number of carbonyl (C=O) groups excluding carboxylic acids is 1. The number of ether oxygens (including phenoxy) is 2. The third kappa shape index (κ3) is 7.90. The van der Waals surface area contributed by atoms with Gasteiger partial charge in [0.25, 0.3) is 5.91 Å². The SMILES string of the molecule is NCCCCCC(CN)NC(=O)c1cccc(OCc2ccccc2)c1OCc1ccccc1. The molecule has 1 amide bonds. The monoisotopic (exact) mass is 461 g/mol. The van der Waals surface area contributed by atoms with E-state index in [0.29, 0.717) is 43.4 Å². The molecular weight excluding hydrogens is 426 g/mol. The summed E-state index contributed by atoms with van der Waals surface area (Å²) in [6, 6.07) is 25.0. The Morgan fingerprint density at radius 1 is 0.765 bits per heavy atom. The fraction of sp³-hybridized carbons (Fsp3) is 0.321. The van der Waals surface area contributed by atoms with Crippen molar-refractivity contribution in [1.82, 2.24) is 5.32 Å². The summed E-state index contributed by atoms with van der Waals surface area (Å²) in [5.41, 5.74) is 14.0. The van der Waals surface area contributed by atoms with Gasteiger partial charge >= 0.3 is 0 Å². The molecule has 0 radical (unpaired) electrons. The van der Waals surface area contributed by atoms with Crippen LogP contribution in [0.2, 0.25) is 0 Å². The summed E-state index contributed by atoms with van der Waals surface area (Å²) >= 11 is 0. The van der Waals surface area contributed by atoms with Gasteiger partial charge in [0.15, 0.2) is 11.5 Å². The van der Waals surface area contributed by atoms with Crippen LogP contribution < -0.4 is 26.3 Å². The molecule has 5 N–H and O–H groups in total. The fourth-order valence-corrected chi connectivity index (χ4v) is 3.65. The maximum Gasteiger partial charge on any atom is 0.255 e. The summed E-state index contributed by atoms with van der Waals surface area (Å²) < 4.78 is 12.2. The second-order valence-corrected chi connectivity index (χ2v) is 8.23. The lowest BCUT2D eigenvalue weighted by molar-refractivity contribution is 0.0930. The third-order valence-electron chi connectivity index (χ3n) is 5.56. The maximum absolute atomic E-state index is 13.2. The molecule has 0 saturated heterocycles. The minimum atomic E-state index is -0.220. The molecule has 34 heavy (non-hydrogen) atoms. The highest BCUT2D eigenvalue weighted by atomic mass is 16.5. The molecule has 6 heteroatoms. The molecule has 1 atom stereocenters. The average molecular weight is 462 g/mol. The first-order chi connectivity index (χ1) is 16.7. The van der Waals surface area contributed by atoms with Crippen molar-refractivity contribution in [1.29, 1.82) is 0 Å². The number of nitrogens with one attached hydrogen (secondary N) is 1. The molecule has 3 aromatic rings. The molecule has 1 unspecified atom stereocenters. The van der Waals surface area contributed by atoms with E-state index in [4.69, 9.17) is 20.9 Å². The number of carbonyl (C=O) groups is 1. The van der Waals surface area contributed by atoms with Gasteiger partial charge in [0.2, 0.25) is 0 Å². The molecule has 0 bridgehead atoms. The molecular formula is C28H35N3O3. The van der Waals surface area contributed by atoms with Gasteiger partial charge in [-0.25, -0.2) is 0 Å². The van der Waals surface area contributed by atoms with Gasteiger partial charge in [0.05, 0.1) is 5.56 Å². The van der Waals surface area contributed by atoms with Crippen molar-refractivity contribution in [3.05, 3.63) is 95.6 Å². The smallest absolute Gasteiger partial charge is 0.255 e. The van der Waals surface area contributed by atoms with Crippen LogP contribution in [0.4, 0.5) is 0 Å². The van der Waals surface area contributed by atoms with Gasteiger partial charge in [-0.3, -0.25) is 4.79 Å². The molecule has 0 aliphatic rings. The molecule has 0 fully saturated rings. The molecule has 0 spiro atoms. The van der Waals surface area contributed by atoms with Crippen LogP contribution in [0, 0.1) is 0 Å². The van der Waals surface area contributed by atoms with Crippen molar-refractivity contribution >= 4 is 5.91 Å². The van der Waals surface area contributed by atoms with Gasteiger partial charge in [0, 0.05) is 12.6 Å². The van der Waals surface area contributed by atoms with Crippen LogP contribution in [0.5, 0.6) is 11.5 Å². The van der Waals surface area contributed by atoms with Gasteiger partial charge in [-0.05, 0) is 42.6 Å². The summed E-state index contributed by atoms with van der Waals surface area (Å²) in [5, 5.41) is 3.07. The molecule has 0 aliphatic heterocycles. The number of unbranched alkanes of at least 4 members (excludes halogenated alkanes) is 2. The first-order valence-electron chi connectivity index (χ1n) is 11.9. The minimum absolute atomic E-state index is 0.110. The lowest BCUT2D eigenvalue weighted by atomic mass is 10.1. The molecule has 3 rings (SSSR count). The number of hydrogen-bond donors (Lipinski definition) is 3. The van der Waals surface area contributed by atoms with Crippen LogP contribution in [0.1, 0.15) is 47.2 Å². The second-order valence-electron chi connectivity index (χ2n) is 8.23. The topological polar surface area (TPSA) is 99.6 Å². The van der Waals surface area contributed by atoms with Crippen molar-refractivity contribution in [3.63, 3.8) is 0 Å². The van der Waals surface area contributed by atoms with Crippen molar-refractivity contribution < 1.29 is 14.3 Å². The predicted molar refractivity (Wildman–Crippen MR) is 136 cm³/mol. The van der Waals surface area contributed by atoms with E-state index in [9.17, 15) is 4.79 Å². The van der Waals surface area contributed by atoms with Crippen molar-refractivity contribution in [2.45, 2.75) is 44.9 Å². The van der Waals surface area contributed by atoms with Crippen LogP contribution in [-0.2, 0) is 13.2 Å². The van der Waals surface area contributed by atoms with Gasteiger partial charge < -0.3 is 26.3 Å². The highest BCUT2D eigenvalue weighted by Gasteiger charge is 2.20. The number of nitrogens with two attached hydrogens (primary N) is 2. The predicted octanol–water partition coefficient (Wildman–Crippen LogP) is 4.42. The molecule has 180 valence electrons. The van der Waals surface area contributed by atoms with E-state index in [2.05, 4.69) is 5.32 Å². The van der Waals surface area contributed by atoms with Gasteiger partial charge in [-0.1, -0.05) is 79.6 Å². The first-order valence-corrected chi connectivity index (χ1v) is 11.9. The van der Waals surface area contributed by atoms with Gasteiger partial charge in [0.1, 0.15) is 13.2 Å². The van der Waals surface area contributed by atoms with Crippen molar-refractivity contribution in [3.8, 4) is 11.5 Å². The van der Waals surface area contributed by atoms with E-state index in [1.54, 1.807) is 6.07 Å². The van der Waals surface area contributed by atoms with E-state index in [1.807, 2.05) is 72.8 Å². The summed E-state index contributed by atoms with van der Waals surface area (Å²) in [6.45, 7) is 1.75. The van der Waals surface area contributed by atoms with Crippen LogP contribution in [0.3, 0.4) is 0 Å². The summed E-state index contributed by atoms with van der Waals surface area (Å²) in [4.78, 5) is 13.2. The Morgan fingerprint density at radius 2 is 1.41 bits per heavy atom. The Kier molecular flexibility index (Phi) is 10.4. The Bertz CT molecular complexity index is 996. The van der Waals surface area contributed by atoms with Crippen molar-refractivity contribution in [2.24, 2.45) is 11.5 Å². The Hall–Kier alpha value is -3.35. The zero-order chi connectivity index (χ0) is 24.0. The van der Waals surface area contributed by atoms with E-state index in [-0.39, 0.29) is 11.9 Å². The van der Waals surface area contributed by atoms with Crippen molar-refractivity contribution in [2.75, 3.05) is 13.1 Å². The van der Waals surface area contributed by atoms with Crippen LogP contribution in [-0.4, -0.2) is 25.0 Å². The summed E-state index contributed by atoms with van der Waals surface area (Å²) in [7, 11) is 0. The number of hydrogen-bond acceptors (Lipinski definition) is 5. The van der Waals surface area contributed by atoms with E-state index >= 15 is 0 Å². The minimum Gasteiger partial charge on any atom is -0.485 e. The number of benzene rings is 3. The molecule has 0 heterocycles. The molecule has 6 nitrogen and oxygen atoms in total. The van der Waals surface area contributed by atoms with Gasteiger partial charge in [-0.15, -0.1) is 0 Å². The molecule has 0 saturated carbocycles. The standard InChI is InChI=1S/C28H35N3O3/c29-18-9-3-8-15-24(19-30)31-28(32)25-16-10-17-26(33-20-22-11-4-1-5-12-22)27(25)34-21-23-13-6-2-7-14-23/h1-2,4-7,10-14,16-17,24H,3,8-9,15,18-21,29-30H2,(H,31,32). The Morgan fingerprint density at radius 3 is 2.03 bits per heavy atom. The first kappa shape index (κ1) is 25.3. The zero-order valence-electron chi connectivity index (χ0n) is 19.6. The highest BCUT2D eigenvalue weighted by Crippen LogP contribution is 2.33. The van der Waals surface area contributed by atoms with Crippen LogP contribution >= 0.6 is 0 Å². The molecule has 0 aliphatic carbocycles. The quantitative estimate of drug-likeness (QED) is 0.309. The van der Waals surface area contributed by atoms with E-state index < -0.39 is 0 Å². The Labute approximate surface area is 202 Å². The van der Waals surface area contributed by atoms with E-state index in [0.717, 1.165) is 36.8 Å². The fourth-order valence-electron chi connectivity index (χ4n) is 3.65. The molecule has 0 aromatic heterocycles. The van der Waals surface area contributed by atoms with Gasteiger partial charge in [-0.2, -0.15) is 0 Å². The number of rotatable bonds is 14. The third-order valence-corrected chi connectivity index (χ3v) is 5.56. The number of para-hydroxylation sites is 1. The lowest BCUT2D eigenvalue weighted by Gasteiger charge is -2.20. The van der Waals surface area contributed by atoms with Crippen LogP contribution in [0.25, 0.3) is 0 Å². The average Bonchev–Trinajstić information content (AvgIpc) is 2.89. The highest BCUT2D eigenvalue weighted by molar-refractivity contribution is 5.98. The maximum atomic E-state index is 13.2. The normalized spacial score (nSPS) is 11.6. The largest absolute Gasteiger partial charge is 0.485 e. The lowest BCUT2D eigenvalue weighted by Crippen LogP contribution is -2.40. The molecule has 3 aromatic carbocycles. The second kappa shape index (κ2) is 14.0.